The number of hydrogen-bond donors (Lipinski definition) is 2. The monoisotopic (exact) mass is 282 g/mol. The van der Waals surface area contributed by atoms with Gasteiger partial charge in [-0.2, -0.15) is 0 Å². The lowest BCUT2D eigenvalue weighted by molar-refractivity contribution is -0.140. The van der Waals surface area contributed by atoms with Gasteiger partial charge in [0.05, 0.1) is 23.1 Å². The number of amides is 1. The summed E-state index contributed by atoms with van der Waals surface area (Å²) >= 11 is 1.56. The smallest absolute Gasteiger partial charge is 0.307 e. The van der Waals surface area contributed by atoms with Crippen LogP contribution in [0.3, 0.4) is 0 Å². The molecular formula is C13H18N2O3S. The number of carboxylic acid groups (broad SMARTS) is 1. The molecule has 1 amide bonds. The van der Waals surface area contributed by atoms with Crippen molar-refractivity contribution < 1.29 is 14.7 Å². The zero-order chi connectivity index (χ0) is 14.4. The number of thiazole rings is 1. The molecule has 1 saturated carbocycles. The number of carbonyl (C=O) groups is 2. The van der Waals surface area contributed by atoms with E-state index in [1.165, 1.54) is 0 Å². The van der Waals surface area contributed by atoms with E-state index < -0.39 is 17.4 Å². The molecule has 6 heteroatoms. The molecule has 1 aromatic heterocycles. The minimum absolute atomic E-state index is 0.192. The molecule has 0 bridgehead atoms. The highest BCUT2D eigenvalue weighted by Crippen LogP contribution is 2.39. The molecule has 0 spiro atoms. The van der Waals surface area contributed by atoms with Crippen molar-refractivity contribution in [1.29, 1.82) is 0 Å². The average molecular weight is 282 g/mol. The molecule has 1 fully saturated rings. The quantitative estimate of drug-likeness (QED) is 0.883. The van der Waals surface area contributed by atoms with Crippen LogP contribution < -0.4 is 5.32 Å². The maximum atomic E-state index is 12.0. The molecule has 0 aromatic carbocycles. The Morgan fingerprint density at radius 3 is 2.42 bits per heavy atom. The highest BCUT2D eigenvalue weighted by atomic mass is 32.1. The first kappa shape index (κ1) is 14.0. The van der Waals surface area contributed by atoms with E-state index in [1.807, 2.05) is 27.7 Å². The normalized spacial score (nSPS) is 22.1. The standard InChI is InChI=1S/C13H18N2O3S/c1-6-7(2)19-12(14-6)13(3,4)15-10(16)8-5-9(8)11(17)18/h8-9H,5H2,1-4H3,(H,15,16)(H,17,18). The van der Waals surface area contributed by atoms with Crippen molar-refractivity contribution in [2.24, 2.45) is 11.8 Å². The van der Waals surface area contributed by atoms with E-state index in [1.54, 1.807) is 11.3 Å². The van der Waals surface area contributed by atoms with Gasteiger partial charge in [0, 0.05) is 4.88 Å². The third-order valence-electron chi connectivity index (χ3n) is 3.44. The average Bonchev–Trinajstić information content (AvgIpc) is 3.01. The number of nitrogens with one attached hydrogen (secondary N) is 1. The summed E-state index contributed by atoms with van der Waals surface area (Å²) in [5.41, 5.74) is 0.407. The predicted molar refractivity (Wildman–Crippen MR) is 72.0 cm³/mol. The van der Waals surface area contributed by atoms with Crippen LogP contribution in [0.1, 0.15) is 35.8 Å². The number of hydrogen-bond acceptors (Lipinski definition) is 4. The van der Waals surface area contributed by atoms with Crippen molar-refractivity contribution in [3.05, 3.63) is 15.6 Å². The van der Waals surface area contributed by atoms with Gasteiger partial charge < -0.3 is 10.4 Å². The number of nitrogens with zero attached hydrogens (tertiary/aromatic N) is 1. The Morgan fingerprint density at radius 2 is 2.00 bits per heavy atom. The van der Waals surface area contributed by atoms with Gasteiger partial charge in [0.15, 0.2) is 0 Å². The van der Waals surface area contributed by atoms with Crippen molar-refractivity contribution in [1.82, 2.24) is 10.3 Å². The first-order chi connectivity index (χ1) is 8.72. The second-order valence-corrected chi connectivity index (χ2v) is 6.76. The van der Waals surface area contributed by atoms with Crippen molar-refractivity contribution >= 4 is 23.2 Å². The van der Waals surface area contributed by atoms with E-state index in [0.29, 0.717) is 6.42 Å². The lowest BCUT2D eigenvalue weighted by atomic mass is 10.1. The number of carboxylic acids is 1. The molecule has 1 aromatic rings. The van der Waals surface area contributed by atoms with Gasteiger partial charge in [0.25, 0.3) is 0 Å². The fraction of sp³-hybridized carbons (Fsp3) is 0.615. The van der Waals surface area contributed by atoms with Crippen molar-refractivity contribution in [2.45, 2.75) is 39.7 Å². The summed E-state index contributed by atoms with van der Waals surface area (Å²) in [4.78, 5) is 28.4. The Kier molecular flexibility index (Phi) is 3.38. The molecule has 0 saturated heterocycles. The third-order valence-corrected chi connectivity index (χ3v) is 4.84. The summed E-state index contributed by atoms with van der Waals surface area (Å²) in [6, 6.07) is 0. The molecule has 5 nitrogen and oxygen atoms in total. The highest BCUT2D eigenvalue weighted by Gasteiger charge is 2.49. The molecule has 2 rings (SSSR count). The van der Waals surface area contributed by atoms with Gasteiger partial charge in [0.1, 0.15) is 5.01 Å². The van der Waals surface area contributed by atoms with Crippen LogP contribution in [0.2, 0.25) is 0 Å². The van der Waals surface area contributed by atoms with Gasteiger partial charge in [-0.25, -0.2) is 4.98 Å². The largest absolute Gasteiger partial charge is 0.481 e. The van der Waals surface area contributed by atoms with Crippen LogP contribution in [0.4, 0.5) is 0 Å². The third kappa shape index (κ3) is 2.78. The molecule has 1 aliphatic rings. The first-order valence-electron chi connectivity index (χ1n) is 6.21. The van der Waals surface area contributed by atoms with Crippen LogP contribution in [-0.2, 0) is 15.1 Å². The Morgan fingerprint density at radius 1 is 1.37 bits per heavy atom. The molecule has 1 aliphatic carbocycles. The summed E-state index contributed by atoms with van der Waals surface area (Å²) < 4.78 is 0. The van der Waals surface area contributed by atoms with Crippen molar-refractivity contribution in [2.75, 3.05) is 0 Å². The second kappa shape index (κ2) is 4.59. The number of carbonyl (C=O) groups excluding carboxylic acids is 1. The van der Waals surface area contributed by atoms with Crippen molar-refractivity contribution in [3.63, 3.8) is 0 Å². The van der Waals surface area contributed by atoms with E-state index in [0.717, 1.165) is 15.6 Å². The van der Waals surface area contributed by atoms with Crippen LogP contribution in [0.5, 0.6) is 0 Å². The maximum Gasteiger partial charge on any atom is 0.307 e. The summed E-state index contributed by atoms with van der Waals surface area (Å²) in [5, 5.41) is 12.6. The fourth-order valence-electron chi connectivity index (χ4n) is 1.95. The van der Waals surface area contributed by atoms with Gasteiger partial charge in [-0.15, -0.1) is 11.3 Å². The zero-order valence-electron chi connectivity index (χ0n) is 11.5. The zero-order valence-corrected chi connectivity index (χ0v) is 12.3. The van der Waals surface area contributed by atoms with Crippen LogP contribution in [-0.4, -0.2) is 22.0 Å². The van der Waals surface area contributed by atoms with Crippen LogP contribution >= 0.6 is 11.3 Å². The Labute approximate surface area is 116 Å². The highest BCUT2D eigenvalue weighted by molar-refractivity contribution is 7.11. The fourth-order valence-corrected chi connectivity index (χ4v) is 2.92. The Hall–Kier alpha value is -1.43. The molecule has 1 heterocycles. The Balaban J connectivity index is 2.05. The van der Waals surface area contributed by atoms with Gasteiger partial charge in [-0.1, -0.05) is 0 Å². The summed E-state index contributed by atoms with van der Waals surface area (Å²) in [6.45, 7) is 7.71. The number of rotatable bonds is 4. The van der Waals surface area contributed by atoms with E-state index in [9.17, 15) is 9.59 Å². The lowest BCUT2D eigenvalue weighted by Crippen LogP contribution is -2.42. The lowest BCUT2D eigenvalue weighted by Gasteiger charge is -2.23. The first-order valence-corrected chi connectivity index (χ1v) is 7.03. The maximum absolute atomic E-state index is 12.0. The topological polar surface area (TPSA) is 79.3 Å². The summed E-state index contributed by atoms with van der Waals surface area (Å²) in [5.74, 6) is -1.99. The van der Waals surface area contributed by atoms with Gasteiger partial charge in [0.2, 0.25) is 5.91 Å². The van der Waals surface area contributed by atoms with E-state index >= 15 is 0 Å². The number of aromatic nitrogens is 1. The molecule has 2 N–H and O–H groups in total. The molecule has 104 valence electrons. The van der Waals surface area contributed by atoms with Gasteiger partial charge >= 0.3 is 5.97 Å². The van der Waals surface area contributed by atoms with E-state index in [2.05, 4.69) is 10.3 Å². The van der Waals surface area contributed by atoms with Crippen LogP contribution in [0, 0.1) is 25.7 Å². The molecule has 2 atom stereocenters. The molecule has 19 heavy (non-hydrogen) atoms. The second-order valence-electron chi connectivity index (χ2n) is 5.56. The predicted octanol–water partition coefficient (Wildman–Crippen LogP) is 1.83. The summed E-state index contributed by atoms with van der Waals surface area (Å²) in [6.07, 6.45) is 0.438. The Bertz CT molecular complexity index is 516. The minimum atomic E-state index is -0.890. The van der Waals surface area contributed by atoms with Gasteiger partial charge in [-0.3, -0.25) is 9.59 Å². The van der Waals surface area contributed by atoms with E-state index in [-0.39, 0.29) is 11.8 Å². The number of aryl methyl sites for hydroxylation is 2. The SMILES string of the molecule is Cc1nc(C(C)(C)NC(=O)C2CC2C(=O)O)sc1C. The molecular weight excluding hydrogens is 264 g/mol. The summed E-state index contributed by atoms with van der Waals surface area (Å²) in [7, 11) is 0. The van der Waals surface area contributed by atoms with Gasteiger partial charge in [-0.05, 0) is 34.1 Å². The van der Waals surface area contributed by atoms with Crippen molar-refractivity contribution in [3.8, 4) is 0 Å². The minimum Gasteiger partial charge on any atom is -0.481 e. The molecule has 0 radical (unpaired) electrons. The molecule has 2 unspecified atom stereocenters. The number of aliphatic carboxylic acids is 1. The van der Waals surface area contributed by atoms with Crippen LogP contribution in [0.25, 0.3) is 0 Å². The van der Waals surface area contributed by atoms with Crippen LogP contribution in [0.15, 0.2) is 0 Å². The van der Waals surface area contributed by atoms with E-state index in [4.69, 9.17) is 5.11 Å². The molecule has 0 aliphatic heterocycles.